The van der Waals surface area contributed by atoms with Crippen molar-refractivity contribution in [3.05, 3.63) is 89.7 Å². The molecular weight excluding hydrogens is 685 g/mol. The number of ether oxygens (including phenoxy) is 1. The second-order valence-electron chi connectivity index (χ2n) is 12.3. The molecule has 2 aromatic rings. The third kappa shape index (κ3) is 8.67. The zero-order valence-electron chi connectivity index (χ0n) is 26.6. The number of hydrogen-bond acceptors (Lipinski definition) is 10. The first kappa shape index (κ1) is 37.2. The van der Waals surface area contributed by atoms with E-state index in [1.54, 1.807) is 42.2 Å². The van der Waals surface area contributed by atoms with Gasteiger partial charge in [-0.25, -0.2) is 8.42 Å². The largest absolute Gasteiger partial charge is 0.748 e. The van der Waals surface area contributed by atoms with Crippen molar-refractivity contribution in [3.63, 3.8) is 0 Å². The third-order valence-corrected chi connectivity index (χ3v) is 11.0. The van der Waals surface area contributed by atoms with Crippen molar-refractivity contribution in [3.8, 4) is 5.75 Å². The maximum Gasteiger partial charge on any atom is 0.298 e. The first-order valence-corrected chi connectivity index (χ1v) is 19.7. The molecule has 1 atom stereocenters. The van der Waals surface area contributed by atoms with Crippen LogP contribution in [0, 0.1) is 0 Å². The van der Waals surface area contributed by atoms with Crippen molar-refractivity contribution < 1.29 is 53.0 Å². The number of rotatable bonds is 15. The van der Waals surface area contributed by atoms with Gasteiger partial charge < -0.3 is 14.2 Å². The van der Waals surface area contributed by atoms with Gasteiger partial charge >= 0.3 is 0 Å². The van der Waals surface area contributed by atoms with Crippen LogP contribution in [0.25, 0.3) is 0 Å². The number of allylic oxidation sites excluding steroid dienone is 6. The molecule has 0 aromatic heterocycles. The van der Waals surface area contributed by atoms with Crippen LogP contribution in [0.4, 0.5) is 11.4 Å². The minimum Gasteiger partial charge on any atom is -0.748 e. The summed E-state index contributed by atoms with van der Waals surface area (Å²) < 4.78 is 107. The van der Waals surface area contributed by atoms with Crippen molar-refractivity contribution in [2.75, 3.05) is 35.2 Å². The topological polar surface area (TPSA) is 198 Å². The Balaban J connectivity index is 1.74. The molecule has 13 nitrogen and oxygen atoms in total. The van der Waals surface area contributed by atoms with Gasteiger partial charge in [0.05, 0.1) is 32.5 Å². The third-order valence-electron chi connectivity index (χ3n) is 8.45. The van der Waals surface area contributed by atoms with E-state index in [2.05, 4.69) is 0 Å². The van der Waals surface area contributed by atoms with E-state index in [4.69, 9.17) is 4.74 Å². The van der Waals surface area contributed by atoms with Crippen molar-refractivity contribution in [1.29, 1.82) is 0 Å². The number of hydrogen-bond donors (Lipinski definition) is 2. The fourth-order valence-electron chi connectivity index (χ4n) is 6.46. The maximum absolute atomic E-state index is 12.3. The molecule has 4 rings (SSSR count). The molecule has 0 aliphatic carbocycles. The second kappa shape index (κ2) is 14.1. The highest BCUT2D eigenvalue weighted by Crippen LogP contribution is 2.50. The molecule has 0 fully saturated rings. The van der Waals surface area contributed by atoms with Crippen molar-refractivity contribution in [2.45, 2.75) is 44.4 Å². The molecule has 0 saturated heterocycles. The summed E-state index contributed by atoms with van der Waals surface area (Å²) >= 11 is 0. The fourth-order valence-corrected chi connectivity index (χ4v) is 8.47. The molecule has 0 amide bonds. The first-order valence-electron chi connectivity index (χ1n) is 14.9. The second-order valence-corrected chi connectivity index (χ2v) is 16.9. The van der Waals surface area contributed by atoms with Gasteiger partial charge in [0, 0.05) is 47.8 Å². The number of carbonyl (C=O) groups excluding carboxylic acids is 1. The smallest absolute Gasteiger partial charge is 0.298 e. The Hall–Kier alpha value is -3.67. The zero-order valence-corrected chi connectivity index (χ0v) is 29.1. The Kier molecular flexibility index (Phi) is 10.9. The van der Waals surface area contributed by atoms with E-state index in [1.165, 1.54) is 12.1 Å². The highest BCUT2D eigenvalue weighted by Gasteiger charge is 2.46. The lowest BCUT2D eigenvalue weighted by molar-refractivity contribution is -0.437. The molecule has 2 aromatic carbocycles. The van der Waals surface area contributed by atoms with E-state index in [0.29, 0.717) is 23.5 Å². The number of carbonyl (C=O) groups is 1. The van der Waals surface area contributed by atoms with Crippen LogP contribution >= 0.6 is 0 Å². The van der Waals surface area contributed by atoms with E-state index in [9.17, 15) is 43.7 Å². The molecule has 260 valence electrons. The number of para-hydroxylation sites is 1. The SMILES string of the molecule is CC1(C)C(/C=C/C=C/C=C2/N(CCCS(=O)(=O)[O-])c3ccc(OC=O)cc3C2(C)CS(=O)(=O)O)=[N+](CCCS(=O)(=O)O)c2ccccc21. The van der Waals surface area contributed by atoms with E-state index < -0.39 is 52.7 Å². The van der Waals surface area contributed by atoms with Gasteiger partial charge in [-0.05, 0) is 57.0 Å². The lowest BCUT2D eigenvalue weighted by Gasteiger charge is -2.29. The average Bonchev–Trinajstić information content (AvgIpc) is 3.30. The molecule has 0 spiro atoms. The Morgan fingerprint density at radius 3 is 2.25 bits per heavy atom. The standard InChI is InChI=1S/C32H38N2O11S3/c1-31(2)25-11-7-8-12-27(25)33(17-9-19-46(36,37)38)29(31)13-5-4-6-14-30-32(3,22-48(42,43)44)26-21-24(45-23-35)15-16-28(26)34(30)18-10-20-47(39,40)41/h4-8,11-16,21,23H,9-10,17-20,22H2,1-3H3,(H2-,36,37,38,39,40,41,42,43,44). The molecule has 0 radical (unpaired) electrons. The minimum atomic E-state index is -4.57. The van der Waals surface area contributed by atoms with Gasteiger partial charge in [-0.2, -0.15) is 21.4 Å². The quantitative estimate of drug-likeness (QED) is 0.118. The molecule has 1 unspecified atom stereocenters. The summed E-state index contributed by atoms with van der Waals surface area (Å²) in [4.78, 5) is 12.7. The maximum atomic E-state index is 12.3. The average molecular weight is 723 g/mol. The number of anilines is 1. The molecule has 48 heavy (non-hydrogen) atoms. The molecule has 0 bridgehead atoms. The molecule has 2 aliphatic rings. The summed E-state index contributed by atoms with van der Waals surface area (Å²) in [7, 11) is -13.2. The van der Waals surface area contributed by atoms with Crippen LogP contribution in [0.2, 0.25) is 0 Å². The molecule has 0 saturated carbocycles. The molecular formula is C32H38N2O11S3. The molecule has 2 N–H and O–H groups in total. The van der Waals surface area contributed by atoms with E-state index >= 15 is 0 Å². The highest BCUT2D eigenvalue weighted by molar-refractivity contribution is 7.86. The Morgan fingerprint density at radius 1 is 0.896 bits per heavy atom. The van der Waals surface area contributed by atoms with Gasteiger partial charge in [0.25, 0.3) is 26.7 Å². The summed E-state index contributed by atoms with van der Waals surface area (Å²) in [5, 5.41) is 0. The van der Waals surface area contributed by atoms with Crippen LogP contribution < -0.4 is 9.64 Å². The van der Waals surface area contributed by atoms with Gasteiger partial charge in [-0.3, -0.25) is 13.9 Å². The van der Waals surface area contributed by atoms with E-state index in [0.717, 1.165) is 17.0 Å². The van der Waals surface area contributed by atoms with Crippen LogP contribution in [0.15, 0.2) is 78.5 Å². The highest BCUT2D eigenvalue weighted by atomic mass is 32.2. The monoisotopic (exact) mass is 722 g/mol. The lowest BCUT2D eigenvalue weighted by Crippen LogP contribution is -2.35. The lowest BCUT2D eigenvalue weighted by atomic mass is 9.81. The van der Waals surface area contributed by atoms with Gasteiger partial charge in [0.2, 0.25) is 5.69 Å². The van der Waals surface area contributed by atoms with Gasteiger partial charge in [0.15, 0.2) is 5.71 Å². The molecule has 16 heteroatoms. The number of nitrogens with zero attached hydrogens (tertiary/aromatic N) is 2. The summed E-state index contributed by atoms with van der Waals surface area (Å²) in [5.74, 6) is -1.65. The molecule has 2 heterocycles. The first-order chi connectivity index (χ1) is 22.3. The Morgan fingerprint density at radius 2 is 1.60 bits per heavy atom. The zero-order chi connectivity index (χ0) is 35.5. The van der Waals surface area contributed by atoms with Crippen molar-refractivity contribution in [1.82, 2.24) is 0 Å². The fraction of sp³-hybridized carbons (Fsp3) is 0.375. The van der Waals surface area contributed by atoms with Crippen LogP contribution in [-0.2, 0) is 46.0 Å². The van der Waals surface area contributed by atoms with Crippen molar-refractivity contribution in [2.24, 2.45) is 0 Å². The summed E-state index contributed by atoms with van der Waals surface area (Å²) in [6.45, 7) is 6.25. The van der Waals surface area contributed by atoms with Crippen LogP contribution in [-0.4, -0.2) is 86.0 Å². The van der Waals surface area contributed by atoms with E-state index in [-0.39, 0.29) is 37.4 Å². The summed E-state index contributed by atoms with van der Waals surface area (Å²) in [5.41, 5.74) is 2.30. The van der Waals surface area contributed by atoms with Gasteiger partial charge in [-0.15, -0.1) is 0 Å². The number of fused-ring (bicyclic) bond motifs is 2. The predicted molar refractivity (Wildman–Crippen MR) is 180 cm³/mol. The number of benzene rings is 2. The normalized spacial score (nSPS) is 20.2. The molecule has 2 aliphatic heterocycles. The van der Waals surface area contributed by atoms with Gasteiger partial charge in [-0.1, -0.05) is 36.4 Å². The minimum absolute atomic E-state index is 0.0296. The predicted octanol–water partition coefficient (Wildman–Crippen LogP) is 3.47. The van der Waals surface area contributed by atoms with Crippen LogP contribution in [0.1, 0.15) is 44.7 Å². The van der Waals surface area contributed by atoms with Crippen LogP contribution in [0.5, 0.6) is 5.75 Å². The Labute approximate surface area is 281 Å². The van der Waals surface area contributed by atoms with Crippen LogP contribution in [0.3, 0.4) is 0 Å². The summed E-state index contributed by atoms with van der Waals surface area (Å²) in [6, 6.07) is 12.3. The van der Waals surface area contributed by atoms with Crippen molar-refractivity contribution >= 4 is 53.9 Å². The van der Waals surface area contributed by atoms with E-state index in [1.807, 2.05) is 48.8 Å². The Bertz CT molecular complexity index is 2030. The summed E-state index contributed by atoms with van der Waals surface area (Å²) in [6.07, 6.45) is 8.75. The van der Waals surface area contributed by atoms with Gasteiger partial charge in [0.1, 0.15) is 12.3 Å².